The van der Waals surface area contributed by atoms with Gasteiger partial charge in [-0.15, -0.1) is 0 Å². The zero-order valence-corrected chi connectivity index (χ0v) is 21.6. The van der Waals surface area contributed by atoms with Gasteiger partial charge in [0.1, 0.15) is 0 Å². The second-order valence-corrected chi connectivity index (χ2v) is 7.39. The summed E-state index contributed by atoms with van der Waals surface area (Å²) in [5, 5.41) is 65.4. The molecule has 0 bridgehead atoms. The van der Waals surface area contributed by atoms with Gasteiger partial charge in [-0.05, 0) is 0 Å². The SMILES string of the molecule is O=C(O)CCS.O=C(O)CCS.O=C(O)CCS.O=C(O)CCS.OCC(CO)(CO)CO. The van der Waals surface area contributed by atoms with Crippen molar-refractivity contribution in [2.24, 2.45) is 5.41 Å². The van der Waals surface area contributed by atoms with Gasteiger partial charge in [0, 0.05) is 23.0 Å². The molecule has 0 amide bonds. The zero-order valence-electron chi connectivity index (χ0n) is 18.0. The van der Waals surface area contributed by atoms with Crippen LogP contribution in [0, 0.1) is 5.41 Å². The minimum Gasteiger partial charge on any atom is -0.481 e. The molecule has 0 fully saturated rings. The standard InChI is InChI=1S/C5H12O4.4C3H6O2S/c6-1-5(2-7,3-8)4-9;4*4-3(5)1-2-6/h6-9H,1-4H2;4*6H,1-2H2,(H,4,5). The Morgan fingerprint density at radius 1 is 0.455 bits per heavy atom. The van der Waals surface area contributed by atoms with Gasteiger partial charge in [-0.3, -0.25) is 19.2 Å². The molecule has 0 radical (unpaired) electrons. The third-order valence-corrected chi connectivity index (χ3v) is 3.54. The lowest BCUT2D eigenvalue weighted by Gasteiger charge is -2.23. The number of hydrogen-bond acceptors (Lipinski definition) is 12. The monoisotopic (exact) mass is 560 g/mol. The highest BCUT2D eigenvalue weighted by Gasteiger charge is 2.26. The molecule has 0 aromatic heterocycles. The lowest BCUT2D eigenvalue weighted by atomic mass is 9.93. The van der Waals surface area contributed by atoms with Gasteiger partial charge in [-0.2, -0.15) is 50.5 Å². The molecule has 0 aromatic carbocycles. The lowest BCUT2D eigenvalue weighted by Crippen LogP contribution is -2.37. The molecule has 0 atom stereocenters. The number of carboxylic acids is 4. The normalized spacial score (nSPS) is 9.21. The summed E-state index contributed by atoms with van der Waals surface area (Å²) in [7, 11) is 0. The fourth-order valence-electron chi connectivity index (χ4n) is 0.683. The summed E-state index contributed by atoms with van der Waals surface area (Å²) >= 11 is 14.7. The maximum atomic E-state index is 9.55. The maximum Gasteiger partial charge on any atom is 0.304 e. The van der Waals surface area contributed by atoms with Crippen LogP contribution in [0.3, 0.4) is 0 Å². The molecule has 0 spiro atoms. The van der Waals surface area contributed by atoms with Gasteiger partial charge in [0.25, 0.3) is 0 Å². The maximum absolute atomic E-state index is 9.55. The molecular formula is C17H36O12S4. The predicted octanol–water partition coefficient (Wildman–Crippen LogP) is -0.494. The Bertz CT molecular complexity index is 395. The lowest BCUT2D eigenvalue weighted by molar-refractivity contribution is -0.137. The highest BCUT2D eigenvalue weighted by atomic mass is 32.1. The minimum absolute atomic E-state index is 0.156. The molecule has 0 aromatic rings. The van der Waals surface area contributed by atoms with Crippen molar-refractivity contribution in [1.82, 2.24) is 0 Å². The predicted molar refractivity (Wildman–Crippen MR) is 135 cm³/mol. The quantitative estimate of drug-likeness (QED) is 0.136. The van der Waals surface area contributed by atoms with E-state index in [1.165, 1.54) is 0 Å². The topological polar surface area (TPSA) is 230 Å². The first-order chi connectivity index (χ1) is 15.3. The number of hydrogen-bond donors (Lipinski definition) is 12. The third kappa shape index (κ3) is 49.4. The second-order valence-electron chi connectivity index (χ2n) is 5.60. The molecule has 0 saturated carbocycles. The number of aliphatic hydroxyl groups excluding tert-OH is 4. The van der Waals surface area contributed by atoms with E-state index in [1.807, 2.05) is 0 Å². The van der Waals surface area contributed by atoms with Crippen LogP contribution in [0.25, 0.3) is 0 Å². The highest BCUT2D eigenvalue weighted by molar-refractivity contribution is 7.80. The van der Waals surface area contributed by atoms with Crippen LogP contribution in [0.2, 0.25) is 0 Å². The van der Waals surface area contributed by atoms with Crippen molar-refractivity contribution >= 4 is 74.4 Å². The summed E-state index contributed by atoms with van der Waals surface area (Å²) in [5.74, 6) is -1.44. The van der Waals surface area contributed by atoms with Crippen molar-refractivity contribution in [1.29, 1.82) is 0 Å². The Labute approximate surface area is 214 Å². The minimum atomic E-state index is -1.11. The molecule has 12 nitrogen and oxygen atoms in total. The Morgan fingerprint density at radius 2 is 0.606 bits per heavy atom. The van der Waals surface area contributed by atoms with E-state index >= 15 is 0 Å². The molecular weight excluding hydrogens is 524 g/mol. The van der Waals surface area contributed by atoms with Crippen molar-refractivity contribution in [2.75, 3.05) is 49.4 Å². The van der Waals surface area contributed by atoms with Crippen molar-refractivity contribution in [3.63, 3.8) is 0 Å². The fraction of sp³-hybridized carbons (Fsp3) is 0.765. The Hall–Kier alpha value is -0.880. The summed E-state index contributed by atoms with van der Waals surface area (Å²) in [6.07, 6.45) is 0.623. The van der Waals surface area contributed by atoms with Crippen LogP contribution in [-0.2, 0) is 19.2 Å². The van der Waals surface area contributed by atoms with E-state index in [2.05, 4.69) is 50.5 Å². The number of thiol groups is 4. The van der Waals surface area contributed by atoms with E-state index in [9.17, 15) is 19.2 Å². The Balaban J connectivity index is -0.000000100. The van der Waals surface area contributed by atoms with Gasteiger partial charge in [0.15, 0.2) is 0 Å². The van der Waals surface area contributed by atoms with E-state index in [1.54, 1.807) is 0 Å². The van der Waals surface area contributed by atoms with Crippen LogP contribution in [0.5, 0.6) is 0 Å². The van der Waals surface area contributed by atoms with Gasteiger partial charge in [-0.1, -0.05) is 0 Å². The smallest absolute Gasteiger partial charge is 0.304 e. The number of aliphatic hydroxyl groups is 4. The molecule has 8 N–H and O–H groups in total. The van der Waals surface area contributed by atoms with Crippen molar-refractivity contribution in [3.05, 3.63) is 0 Å². The molecule has 0 heterocycles. The fourth-order valence-corrected chi connectivity index (χ4v) is 1.45. The molecule has 0 aliphatic rings. The number of aliphatic carboxylic acids is 4. The summed E-state index contributed by atoms with van der Waals surface area (Å²) in [6, 6.07) is 0. The van der Waals surface area contributed by atoms with Crippen LogP contribution in [0.4, 0.5) is 0 Å². The number of rotatable bonds is 12. The van der Waals surface area contributed by atoms with E-state index in [-0.39, 0.29) is 25.7 Å². The van der Waals surface area contributed by atoms with Gasteiger partial charge in [0.2, 0.25) is 0 Å². The average Bonchev–Trinajstić information content (AvgIpc) is 2.72. The van der Waals surface area contributed by atoms with E-state index in [0.717, 1.165) is 0 Å². The summed E-state index contributed by atoms with van der Waals surface area (Å²) in [6.45, 7) is -1.62. The Morgan fingerprint density at radius 3 is 0.606 bits per heavy atom. The average molecular weight is 561 g/mol. The molecule has 0 aliphatic heterocycles. The van der Waals surface area contributed by atoms with Crippen LogP contribution in [-0.4, -0.2) is 114 Å². The molecule has 0 aliphatic carbocycles. The summed E-state index contributed by atoms with van der Waals surface area (Å²) in [5.41, 5.74) is -1.11. The summed E-state index contributed by atoms with van der Waals surface area (Å²) in [4.78, 5) is 38.2. The van der Waals surface area contributed by atoms with Gasteiger partial charge in [-0.25, -0.2) is 0 Å². The van der Waals surface area contributed by atoms with Crippen molar-refractivity contribution in [2.45, 2.75) is 25.7 Å². The highest BCUT2D eigenvalue weighted by Crippen LogP contribution is 2.11. The molecule has 33 heavy (non-hydrogen) atoms. The van der Waals surface area contributed by atoms with Gasteiger partial charge in [0.05, 0.1) is 57.5 Å². The van der Waals surface area contributed by atoms with Crippen LogP contribution in [0.1, 0.15) is 25.7 Å². The van der Waals surface area contributed by atoms with E-state index in [0.29, 0.717) is 23.0 Å². The molecule has 16 heteroatoms. The van der Waals surface area contributed by atoms with E-state index < -0.39 is 55.7 Å². The van der Waals surface area contributed by atoms with Crippen molar-refractivity contribution < 1.29 is 60.0 Å². The first-order valence-corrected chi connectivity index (χ1v) is 11.6. The largest absolute Gasteiger partial charge is 0.481 e. The van der Waals surface area contributed by atoms with Gasteiger partial charge >= 0.3 is 23.9 Å². The Kier molecular flexibility index (Phi) is 42.7. The van der Waals surface area contributed by atoms with Crippen LogP contribution < -0.4 is 0 Å². The zero-order chi connectivity index (χ0) is 27.3. The first kappa shape index (κ1) is 42.3. The second kappa shape index (κ2) is 33.3. The summed E-state index contributed by atoms with van der Waals surface area (Å²) < 4.78 is 0. The van der Waals surface area contributed by atoms with Crippen LogP contribution >= 0.6 is 50.5 Å². The first-order valence-electron chi connectivity index (χ1n) is 9.07. The molecule has 0 rings (SSSR count). The van der Waals surface area contributed by atoms with E-state index in [4.69, 9.17) is 40.9 Å². The number of carboxylic acid groups (broad SMARTS) is 4. The molecule has 0 saturated heterocycles. The van der Waals surface area contributed by atoms with Crippen molar-refractivity contribution in [3.8, 4) is 0 Å². The molecule has 200 valence electrons. The van der Waals surface area contributed by atoms with Gasteiger partial charge < -0.3 is 40.9 Å². The van der Waals surface area contributed by atoms with Crippen LogP contribution in [0.15, 0.2) is 0 Å². The molecule has 0 unspecified atom stereocenters. The third-order valence-electron chi connectivity index (χ3n) is 2.64. The number of carbonyl (C=O) groups is 4.